The van der Waals surface area contributed by atoms with E-state index >= 15 is 0 Å². The number of amides is 2. The van der Waals surface area contributed by atoms with Gasteiger partial charge in [-0.2, -0.15) is 5.10 Å². The predicted molar refractivity (Wildman–Crippen MR) is 107 cm³/mol. The maximum Gasteiger partial charge on any atom is 0.290 e. The van der Waals surface area contributed by atoms with Crippen molar-refractivity contribution in [2.24, 2.45) is 0 Å². The monoisotopic (exact) mass is 414 g/mol. The number of benzene rings is 1. The van der Waals surface area contributed by atoms with Crippen LogP contribution in [-0.2, 0) is 4.74 Å². The Labute approximate surface area is 168 Å². The molecule has 0 unspecified atom stereocenters. The van der Waals surface area contributed by atoms with Crippen molar-refractivity contribution in [3.63, 3.8) is 0 Å². The molecule has 0 radical (unpaired) electrons. The molecule has 150 valence electrons. The van der Waals surface area contributed by atoms with Gasteiger partial charge in [-0.1, -0.05) is 29.5 Å². The second kappa shape index (κ2) is 7.97. The summed E-state index contributed by atoms with van der Waals surface area (Å²) in [7, 11) is 0. The largest absolute Gasteiger partial charge is 0.378 e. The lowest BCUT2D eigenvalue weighted by molar-refractivity contribution is 0.0846. The Morgan fingerprint density at radius 2 is 1.83 bits per heavy atom. The Balaban J connectivity index is 1.48. The molecule has 4 rings (SSSR count). The summed E-state index contributed by atoms with van der Waals surface area (Å²) in [5.74, 6) is -1.11. The second-order valence-electron chi connectivity index (χ2n) is 6.37. The van der Waals surface area contributed by atoms with E-state index in [1.165, 1.54) is 11.3 Å². The summed E-state index contributed by atoms with van der Waals surface area (Å²) >= 11 is 1.26. The third kappa shape index (κ3) is 3.82. The van der Waals surface area contributed by atoms with E-state index in [-0.39, 0.29) is 5.69 Å². The topological polar surface area (TPSA) is 129 Å². The smallest absolute Gasteiger partial charge is 0.290 e. The van der Waals surface area contributed by atoms with Crippen molar-refractivity contribution in [3.8, 4) is 0 Å². The molecule has 0 spiro atoms. The van der Waals surface area contributed by atoms with Crippen LogP contribution in [0.4, 0.5) is 5.13 Å². The highest BCUT2D eigenvalue weighted by atomic mass is 32.1. The van der Waals surface area contributed by atoms with E-state index in [1.54, 1.807) is 31.2 Å². The third-order valence-electron chi connectivity index (χ3n) is 4.47. The number of carbonyl (C=O) groups is 2. The van der Waals surface area contributed by atoms with Crippen LogP contribution >= 0.6 is 11.3 Å². The van der Waals surface area contributed by atoms with Gasteiger partial charge in [0.2, 0.25) is 0 Å². The van der Waals surface area contributed by atoms with Crippen molar-refractivity contribution >= 4 is 39.1 Å². The van der Waals surface area contributed by atoms with Crippen LogP contribution in [-0.4, -0.2) is 53.3 Å². The summed E-state index contributed by atoms with van der Waals surface area (Å²) in [6.07, 6.45) is 0. The summed E-state index contributed by atoms with van der Waals surface area (Å²) in [5.41, 5.74) is 4.94. The van der Waals surface area contributed by atoms with Crippen molar-refractivity contribution in [1.29, 1.82) is 0 Å². The molecule has 1 aliphatic rings. The molecule has 1 aliphatic heterocycles. The van der Waals surface area contributed by atoms with Gasteiger partial charge in [0.1, 0.15) is 4.88 Å². The van der Waals surface area contributed by atoms with Crippen LogP contribution in [0.3, 0.4) is 0 Å². The van der Waals surface area contributed by atoms with Crippen molar-refractivity contribution < 1.29 is 14.3 Å². The molecule has 0 saturated carbocycles. The lowest BCUT2D eigenvalue weighted by Crippen LogP contribution is -2.42. The SMILES string of the molecule is Cc1nc(N2CCOCC2)sc1C(=O)NNC(=O)c1n[nH]c(=O)c2ccccc12. The van der Waals surface area contributed by atoms with Crippen molar-refractivity contribution in [3.05, 3.63) is 50.9 Å². The summed E-state index contributed by atoms with van der Waals surface area (Å²) in [5, 5.41) is 7.58. The molecule has 3 heterocycles. The Bertz CT molecular complexity index is 1130. The number of nitrogens with one attached hydrogen (secondary N) is 3. The molecule has 29 heavy (non-hydrogen) atoms. The number of aryl methyl sites for hydroxylation is 1. The third-order valence-corrected chi connectivity index (χ3v) is 5.69. The number of fused-ring (bicyclic) bond motifs is 1. The fraction of sp³-hybridized carbons (Fsp3) is 0.278. The Kier molecular flexibility index (Phi) is 5.23. The summed E-state index contributed by atoms with van der Waals surface area (Å²) in [6.45, 7) is 4.42. The number of H-pyrrole nitrogens is 1. The van der Waals surface area contributed by atoms with E-state index in [9.17, 15) is 14.4 Å². The van der Waals surface area contributed by atoms with Gasteiger partial charge in [0.15, 0.2) is 10.8 Å². The number of thiazole rings is 1. The van der Waals surface area contributed by atoms with Crippen LogP contribution in [0.5, 0.6) is 0 Å². The second-order valence-corrected chi connectivity index (χ2v) is 7.34. The minimum Gasteiger partial charge on any atom is -0.378 e. The maximum atomic E-state index is 12.5. The molecule has 10 nitrogen and oxygen atoms in total. The number of aromatic nitrogens is 3. The van der Waals surface area contributed by atoms with E-state index in [0.29, 0.717) is 34.6 Å². The van der Waals surface area contributed by atoms with Crippen LogP contribution in [0.1, 0.15) is 25.9 Å². The van der Waals surface area contributed by atoms with Gasteiger partial charge >= 0.3 is 0 Å². The van der Waals surface area contributed by atoms with E-state index in [4.69, 9.17) is 4.74 Å². The summed E-state index contributed by atoms with van der Waals surface area (Å²) in [6, 6.07) is 6.61. The highest BCUT2D eigenvalue weighted by Crippen LogP contribution is 2.26. The van der Waals surface area contributed by atoms with Gasteiger partial charge < -0.3 is 9.64 Å². The van der Waals surface area contributed by atoms with Gasteiger partial charge in [-0.3, -0.25) is 25.2 Å². The van der Waals surface area contributed by atoms with E-state index in [0.717, 1.165) is 18.2 Å². The first-order valence-electron chi connectivity index (χ1n) is 8.93. The number of carbonyl (C=O) groups excluding carboxylic acids is 2. The Hall–Kier alpha value is -3.31. The van der Waals surface area contributed by atoms with Gasteiger partial charge in [-0.15, -0.1) is 0 Å². The standard InChI is InChI=1S/C18H18N6O4S/c1-10-14(29-18(19-10)24-6-8-28-9-7-24)17(27)23-22-16(26)13-11-4-2-3-5-12(11)15(25)21-20-13/h2-5H,6-9H2,1H3,(H,21,25)(H,22,26)(H,23,27). The first-order chi connectivity index (χ1) is 14.0. The van der Waals surface area contributed by atoms with Gasteiger partial charge in [-0.25, -0.2) is 10.1 Å². The predicted octanol–water partition coefficient (Wildman–Crippen LogP) is 0.599. The zero-order valence-corrected chi connectivity index (χ0v) is 16.3. The van der Waals surface area contributed by atoms with Crippen molar-refractivity contribution in [2.75, 3.05) is 31.2 Å². The molecule has 2 amide bonds. The zero-order valence-electron chi connectivity index (χ0n) is 15.5. The molecule has 0 aliphatic carbocycles. The van der Waals surface area contributed by atoms with Gasteiger partial charge in [0.05, 0.1) is 24.3 Å². The molecule has 0 bridgehead atoms. The van der Waals surface area contributed by atoms with Crippen LogP contribution in [0.25, 0.3) is 10.8 Å². The van der Waals surface area contributed by atoms with Crippen LogP contribution in [0, 0.1) is 6.92 Å². The number of hydrogen-bond donors (Lipinski definition) is 3. The van der Waals surface area contributed by atoms with E-state index in [1.807, 2.05) is 0 Å². The Morgan fingerprint density at radius 3 is 2.59 bits per heavy atom. The molecule has 1 saturated heterocycles. The average molecular weight is 414 g/mol. The molecule has 1 aromatic carbocycles. The molecule has 3 aromatic rings. The molecular formula is C18H18N6O4S. The number of morpholine rings is 1. The van der Waals surface area contributed by atoms with Crippen LogP contribution in [0.2, 0.25) is 0 Å². The van der Waals surface area contributed by atoms with Gasteiger partial charge in [0.25, 0.3) is 17.4 Å². The summed E-state index contributed by atoms with van der Waals surface area (Å²) in [4.78, 5) is 43.8. The van der Waals surface area contributed by atoms with E-state index < -0.39 is 17.4 Å². The van der Waals surface area contributed by atoms with Gasteiger partial charge in [0, 0.05) is 18.5 Å². The fourth-order valence-electron chi connectivity index (χ4n) is 3.00. The van der Waals surface area contributed by atoms with Crippen LogP contribution < -0.4 is 21.3 Å². The molecule has 0 atom stereocenters. The lowest BCUT2D eigenvalue weighted by Gasteiger charge is -2.25. The average Bonchev–Trinajstić information content (AvgIpc) is 3.15. The lowest BCUT2D eigenvalue weighted by atomic mass is 10.1. The molecule has 2 aromatic heterocycles. The molecule has 1 fully saturated rings. The minimum absolute atomic E-state index is 0.00975. The van der Waals surface area contributed by atoms with E-state index in [2.05, 4.69) is 30.9 Å². The fourth-order valence-corrected chi connectivity index (χ4v) is 4.01. The first-order valence-corrected chi connectivity index (χ1v) is 9.74. The number of hydrogen-bond acceptors (Lipinski definition) is 8. The highest BCUT2D eigenvalue weighted by molar-refractivity contribution is 7.17. The quantitative estimate of drug-likeness (QED) is 0.535. The van der Waals surface area contributed by atoms with Crippen molar-refractivity contribution in [2.45, 2.75) is 6.92 Å². The number of rotatable bonds is 3. The highest BCUT2D eigenvalue weighted by Gasteiger charge is 2.21. The first kappa shape index (κ1) is 19.0. The number of anilines is 1. The molecule has 11 heteroatoms. The number of ether oxygens (including phenoxy) is 1. The maximum absolute atomic E-state index is 12.5. The molecule has 3 N–H and O–H groups in total. The zero-order chi connectivity index (χ0) is 20.4. The Morgan fingerprint density at radius 1 is 1.14 bits per heavy atom. The number of aromatic amines is 1. The van der Waals surface area contributed by atoms with Gasteiger partial charge in [-0.05, 0) is 13.0 Å². The van der Waals surface area contributed by atoms with Crippen LogP contribution in [0.15, 0.2) is 29.1 Å². The van der Waals surface area contributed by atoms with Crippen molar-refractivity contribution in [1.82, 2.24) is 26.0 Å². The minimum atomic E-state index is -0.638. The molecular weight excluding hydrogens is 396 g/mol. The normalized spacial score (nSPS) is 14.0. The number of nitrogens with zero attached hydrogens (tertiary/aromatic N) is 3. The number of hydrazine groups is 1. The summed E-state index contributed by atoms with van der Waals surface area (Å²) < 4.78 is 5.33.